The lowest BCUT2D eigenvalue weighted by atomic mass is 10.2. The van der Waals surface area contributed by atoms with Gasteiger partial charge in [0.25, 0.3) is 5.91 Å². The first-order valence-electron chi connectivity index (χ1n) is 9.14. The van der Waals surface area contributed by atoms with Gasteiger partial charge in [0.2, 0.25) is 5.91 Å². The molecular weight excluding hydrogens is 355 g/mol. The number of anilines is 2. The quantitative estimate of drug-likeness (QED) is 0.662. The summed E-state index contributed by atoms with van der Waals surface area (Å²) in [5.41, 5.74) is 0.446. The van der Waals surface area contributed by atoms with E-state index in [0.717, 1.165) is 13.1 Å². The van der Waals surface area contributed by atoms with Crippen LogP contribution in [0.25, 0.3) is 0 Å². The van der Waals surface area contributed by atoms with E-state index in [0.29, 0.717) is 45.1 Å². The largest absolute Gasteiger partial charge is 0.379 e. The van der Waals surface area contributed by atoms with Crippen molar-refractivity contribution in [1.29, 1.82) is 0 Å². The van der Waals surface area contributed by atoms with Crippen LogP contribution < -0.4 is 16.0 Å². The van der Waals surface area contributed by atoms with Gasteiger partial charge in [0.15, 0.2) is 0 Å². The number of hydrogen-bond acceptors (Lipinski definition) is 6. The van der Waals surface area contributed by atoms with E-state index in [-0.39, 0.29) is 23.9 Å². The highest BCUT2D eigenvalue weighted by atomic mass is 19.1. The maximum atomic E-state index is 14.0. The fourth-order valence-corrected chi connectivity index (χ4v) is 2.95. The van der Waals surface area contributed by atoms with Crippen LogP contribution in [0.5, 0.6) is 0 Å². The molecule has 1 aromatic carbocycles. The van der Waals surface area contributed by atoms with Gasteiger partial charge < -0.3 is 25.4 Å². The number of rotatable bonds is 6. The molecule has 0 aromatic heterocycles. The van der Waals surface area contributed by atoms with E-state index < -0.39 is 11.9 Å². The third kappa shape index (κ3) is 5.96. The van der Waals surface area contributed by atoms with Crippen molar-refractivity contribution in [3.8, 4) is 0 Å². The molecule has 1 aromatic rings. The van der Waals surface area contributed by atoms with Crippen molar-refractivity contribution in [2.75, 3.05) is 63.2 Å². The molecule has 2 aliphatic rings. The molecule has 2 heterocycles. The summed E-state index contributed by atoms with van der Waals surface area (Å²) in [7, 11) is 0. The molecule has 0 aliphatic carbocycles. The molecule has 9 heteroatoms. The molecule has 1 unspecified atom stereocenters. The molecule has 2 saturated heterocycles. The minimum absolute atomic E-state index is 0.0439. The number of hydrogen-bond donors (Lipinski definition) is 3. The highest BCUT2D eigenvalue weighted by Crippen LogP contribution is 2.20. The van der Waals surface area contributed by atoms with Crippen LogP contribution in [0, 0.1) is 5.82 Å². The first kappa shape index (κ1) is 19.7. The minimum atomic E-state index is -0.588. The topological polar surface area (TPSA) is 91.9 Å². The summed E-state index contributed by atoms with van der Waals surface area (Å²) in [6, 6.07) is 4.08. The van der Waals surface area contributed by atoms with Crippen LogP contribution in [-0.2, 0) is 19.1 Å². The molecule has 3 N–H and O–H groups in total. The molecule has 0 radical (unpaired) electrons. The maximum absolute atomic E-state index is 14.0. The molecule has 0 spiro atoms. The van der Waals surface area contributed by atoms with Gasteiger partial charge in [0.05, 0.1) is 25.5 Å². The predicted molar refractivity (Wildman–Crippen MR) is 98.1 cm³/mol. The van der Waals surface area contributed by atoms with E-state index in [4.69, 9.17) is 9.47 Å². The monoisotopic (exact) mass is 380 g/mol. The number of halogens is 1. The Bertz CT molecular complexity index is 661. The zero-order valence-electron chi connectivity index (χ0n) is 15.1. The third-order valence-electron chi connectivity index (χ3n) is 4.49. The van der Waals surface area contributed by atoms with E-state index in [1.54, 1.807) is 0 Å². The van der Waals surface area contributed by atoms with Gasteiger partial charge in [-0.25, -0.2) is 4.39 Å². The molecule has 2 fully saturated rings. The van der Waals surface area contributed by atoms with E-state index in [9.17, 15) is 14.0 Å². The highest BCUT2D eigenvalue weighted by Gasteiger charge is 2.22. The molecule has 2 aliphatic heterocycles. The summed E-state index contributed by atoms with van der Waals surface area (Å²) in [5, 5.41) is 8.34. The van der Waals surface area contributed by atoms with Crippen LogP contribution >= 0.6 is 0 Å². The molecule has 148 valence electrons. The highest BCUT2D eigenvalue weighted by molar-refractivity contribution is 5.96. The number of nitrogens with zero attached hydrogens (tertiary/aromatic N) is 1. The van der Waals surface area contributed by atoms with Gasteiger partial charge >= 0.3 is 0 Å². The second-order valence-electron chi connectivity index (χ2n) is 6.50. The summed E-state index contributed by atoms with van der Waals surface area (Å²) < 4.78 is 24.7. The van der Waals surface area contributed by atoms with Gasteiger partial charge in [0.1, 0.15) is 11.9 Å². The molecule has 0 saturated carbocycles. The lowest BCUT2D eigenvalue weighted by Gasteiger charge is -2.26. The van der Waals surface area contributed by atoms with E-state index in [1.165, 1.54) is 18.2 Å². The van der Waals surface area contributed by atoms with Gasteiger partial charge in [-0.15, -0.1) is 0 Å². The van der Waals surface area contributed by atoms with Gasteiger partial charge in [-0.2, -0.15) is 0 Å². The van der Waals surface area contributed by atoms with Crippen LogP contribution in [0.4, 0.5) is 15.8 Å². The average Bonchev–Trinajstić information content (AvgIpc) is 2.70. The Morgan fingerprint density at radius 2 is 2.04 bits per heavy atom. The van der Waals surface area contributed by atoms with Crippen LogP contribution in [0.1, 0.15) is 6.42 Å². The van der Waals surface area contributed by atoms with E-state index >= 15 is 0 Å². The lowest BCUT2D eigenvalue weighted by molar-refractivity contribution is -0.128. The number of carbonyl (C=O) groups excluding carboxylic acids is 2. The predicted octanol–water partition coefficient (Wildman–Crippen LogP) is 0.413. The fourth-order valence-electron chi connectivity index (χ4n) is 2.95. The normalized spacial score (nSPS) is 20.9. The summed E-state index contributed by atoms with van der Waals surface area (Å²) in [6.07, 6.45) is -0.326. The zero-order valence-corrected chi connectivity index (χ0v) is 15.1. The van der Waals surface area contributed by atoms with Crippen molar-refractivity contribution in [1.82, 2.24) is 10.2 Å². The van der Waals surface area contributed by atoms with Gasteiger partial charge in [0, 0.05) is 44.8 Å². The van der Waals surface area contributed by atoms with Crippen molar-refractivity contribution >= 4 is 23.2 Å². The van der Waals surface area contributed by atoms with Crippen molar-refractivity contribution in [2.45, 2.75) is 12.5 Å². The van der Waals surface area contributed by atoms with Gasteiger partial charge in [-0.1, -0.05) is 0 Å². The zero-order chi connectivity index (χ0) is 19.1. The van der Waals surface area contributed by atoms with Crippen molar-refractivity contribution in [2.24, 2.45) is 0 Å². The first-order valence-corrected chi connectivity index (χ1v) is 9.14. The Kier molecular flexibility index (Phi) is 7.11. The van der Waals surface area contributed by atoms with Gasteiger partial charge in [-0.3, -0.25) is 14.5 Å². The van der Waals surface area contributed by atoms with E-state index in [2.05, 4.69) is 20.9 Å². The smallest absolute Gasteiger partial charge is 0.254 e. The number of benzene rings is 1. The molecular formula is C18H25FN4O4. The second kappa shape index (κ2) is 9.75. The number of morpholine rings is 2. The summed E-state index contributed by atoms with van der Waals surface area (Å²) in [5.74, 6) is -1.13. The summed E-state index contributed by atoms with van der Waals surface area (Å²) in [4.78, 5) is 26.5. The summed E-state index contributed by atoms with van der Waals surface area (Å²) >= 11 is 0. The number of nitrogens with one attached hydrogen (secondary N) is 3. The Morgan fingerprint density at radius 1 is 1.22 bits per heavy atom. The molecule has 8 nitrogen and oxygen atoms in total. The van der Waals surface area contributed by atoms with Crippen LogP contribution in [-0.4, -0.2) is 75.4 Å². The molecule has 3 rings (SSSR count). The Morgan fingerprint density at radius 3 is 2.78 bits per heavy atom. The first-order chi connectivity index (χ1) is 13.1. The minimum Gasteiger partial charge on any atom is -0.379 e. The SMILES string of the molecule is O=C(CCN1CCOCC1)Nc1cc(NC(=O)C2CNCCO2)ccc1F. The maximum Gasteiger partial charge on any atom is 0.254 e. The summed E-state index contributed by atoms with van der Waals surface area (Å²) in [6.45, 7) is 5.11. The molecule has 0 bridgehead atoms. The Labute approximate surface area is 157 Å². The average molecular weight is 380 g/mol. The van der Waals surface area contributed by atoms with Crippen LogP contribution in [0.2, 0.25) is 0 Å². The number of amides is 2. The fraction of sp³-hybridized carbons (Fsp3) is 0.556. The second-order valence-corrected chi connectivity index (χ2v) is 6.50. The standard InChI is InChI=1S/C18H25FN4O4/c19-14-2-1-13(21-18(25)16-12-20-4-8-27-16)11-15(14)22-17(24)3-5-23-6-9-26-10-7-23/h1-2,11,16,20H,3-10,12H2,(H,21,25)(H,22,24). The molecule has 1 atom stereocenters. The van der Waals surface area contributed by atoms with Crippen LogP contribution in [0.15, 0.2) is 18.2 Å². The molecule has 2 amide bonds. The van der Waals surface area contributed by atoms with Crippen molar-refractivity contribution in [3.05, 3.63) is 24.0 Å². The molecule has 27 heavy (non-hydrogen) atoms. The number of ether oxygens (including phenoxy) is 2. The lowest BCUT2D eigenvalue weighted by Crippen LogP contribution is -2.45. The number of carbonyl (C=O) groups is 2. The van der Waals surface area contributed by atoms with E-state index in [1.807, 2.05) is 0 Å². The van der Waals surface area contributed by atoms with Crippen molar-refractivity contribution in [3.63, 3.8) is 0 Å². The van der Waals surface area contributed by atoms with Crippen LogP contribution in [0.3, 0.4) is 0 Å². The Hall–Kier alpha value is -2.07. The van der Waals surface area contributed by atoms with Crippen molar-refractivity contribution < 1.29 is 23.5 Å². The van der Waals surface area contributed by atoms with Gasteiger partial charge in [-0.05, 0) is 18.2 Å². The Balaban J connectivity index is 1.52. The third-order valence-corrected chi connectivity index (χ3v) is 4.49.